The minimum atomic E-state index is -0.592. The molecule has 98 valence electrons. The van der Waals surface area contributed by atoms with E-state index < -0.39 is 6.03 Å². The van der Waals surface area contributed by atoms with Gasteiger partial charge in [-0.05, 0) is 35.9 Å². The van der Waals surface area contributed by atoms with Crippen molar-refractivity contribution in [2.45, 2.75) is 6.54 Å². The Labute approximate surface area is 111 Å². The summed E-state index contributed by atoms with van der Waals surface area (Å²) in [4.78, 5) is 10.8. The maximum atomic E-state index is 10.8. The van der Waals surface area contributed by atoms with Gasteiger partial charge in [0.05, 0.1) is 0 Å². The number of amides is 2. The lowest BCUT2D eigenvalue weighted by Gasteiger charge is -2.09. The lowest BCUT2D eigenvalue weighted by Crippen LogP contribution is -2.19. The first kappa shape index (κ1) is 12.8. The van der Waals surface area contributed by atoms with Crippen LogP contribution in [0.3, 0.4) is 0 Å². The SMILES string of the molecule is NC(=O)Nc1cccc(NCc2cccc(O)c2)c1. The average molecular weight is 257 g/mol. The number of benzene rings is 2. The molecule has 5 N–H and O–H groups in total. The van der Waals surface area contributed by atoms with Crippen LogP contribution in [0, 0.1) is 0 Å². The van der Waals surface area contributed by atoms with E-state index in [9.17, 15) is 9.90 Å². The summed E-state index contributed by atoms with van der Waals surface area (Å²) in [6, 6.07) is 13.7. The van der Waals surface area contributed by atoms with Crippen LogP contribution < -0.4 is 16.4 Å². The highest BCUT2D eigenvalue weighted by Crippen LogP contribution is 2.17. The van der Waals surface area contributed by atoms with Gasteiger partial charge in [0.25, 0.3) is 0 Å². The van der Waals surface area contributed by atoms with E-state index in [4.69, 9.17) is 5.73 Å². The topological polar surface area (TPSA) is 87.4 Å². The van der Waals surface area contributed by atoms with Gasteiger partial charge in [0.15, 0.2) is 0 Å². The number of phenols is 1. The van der Waals surface area contributed by atoms with E-state index in [0.717, 1.165) is 11.3 Å². The maximum Gasteiger partial charge on any atom is 0.316 e. The number of anilines is 2. The fourth-order valence-electron chi connectivity index (χ4n) is 1.72. The number of nitrogens with one attached hydrogen (secondary N) is 2. The summed E-state index contributed by atoms with van der Waals surface area (Å²) in [7, 11) is 0. The molecule has 0 unspecified atom stereocenters. The number of primary amides is 1. The van der Waals surface area contributed by atoms with Crippen molar-refractivity contribution in [2.24, 2.45) is 5.73 Å². The quantitative estimate of drug-likeness (QED) is 0.678. The molecular formula is C14H15N3O2. The van der Waals surface area contributed by atoms with Crippen LogP contribution in [0.5, 0.6) is 5.75 Å². The lowest BCUT2D eigenvalue weighted by molar-refractivity contribution is 0.259. The Morgan fingerprint density at radius 1 is 1.11 bits per heavy atom. The molecule has 0 atom stereocenters. The zero-order valence-corrected chi connectivity index (χ0v) is 10.3. The summed E-state index contributed by atoms with van der Waals surface area (Å²) in [5.74, 6) is 0.239. The molecule has 0 saturated heterocycles. The molecule has 0 aliphatic rings. The Morgan fingerprint density at radius 3 is 2.58 bits per heavy atom. The molecule has 5 nitrogen and oxygen atoms in total. The van der Waals surface area contributed by atoms with Gasteiger partial charge >= 0.3 is 6.03 Å². The second kappa shape index (κ2) is 5.77. The molecule has 0 aromatic heterocycles. The molecule has 0 bridgehead atoms. The highest BCUT2D eigenvalue weighted by atomic mass is 16.3. The van der Waals surface area contributed by atoms with Gasteiger partial charge in [0, 0.05) is 17.9 Å². The predicted molar refractivity (Wildman–Crippen MR) is 75.1 cm³/mol. The van der Waals surface area contributed by atoms with Gasteiger partial charge in [-0.1, -0.05) is 18.2 Å². The predicted octanol–water partition coefficient (Wildman–Crippen LogP) is 2.49. The number of nitrogens with two attached hydrogens (primary N) is 1. The summed E-state index contributed by atoms with van der Waals surface area (Å²) in [6.07, 6.45) is 0. The van der Waals surface area contributed by atoms with E-state index in [1.807, 2.05) is 18.2 Å². The molecule has 0 aliphatic carbocycles. The highest BCUT2D eigenvalue weighted by Gasteiger charge is 1.99. The molecule has 0 saturated carbocycles. The Morgan fingerprint density at radius 2 is 1.84 bits per heavy atom. The summed E-state index contributed by atoms with van der Waals surface area (Å²) in [6.45, 7) is 0.578. The van der Waals surface area contributed by atoms with Crippen LogP contribution in [-0.4, -0.2) is 11.1 Å². The van der Waals surface area contributed by atoms with Crippen LogP contribution in [0.4, 0.5) is 16.2 Å². The normalized spacial score (nSPS) is 9.89. The van der Waals surface area contributed by atoms with Crippen molar-refractivity contribution in [2.75, 3.05) is 10.6 Å². The molecule has 0 aliphatic heterocycles. The van der Waals surface area contributed by atoms with E-state index in [-0.39, 0.29) is 5.75 Å². The van der Waals surface area contributed by atoms with Crippen LogP contribution in [0.15, 0.2) is 48.5 Å². The summed E-state index contributed by atoms with van der Waals surface area (Å²) >= 11 is 0. The number of urea groups is 1. The first-order valence-electron chi connectivity index (χ1n) is 5.82. The van der Waals surface area contributed by atoms with Crippen molar-refractivity contribution < 1.29 is 9.90 Å². The van der Waals surface area contributed by atoms with Gasteiger partial charge in [0.1, 0.15) is 5.75 Å². The van der Waals surface area contributed by atoms with Crippen molar-refractivity contribution in [3.63, 3.8) is 0 Å². The number of phenolic OH excluding ortho intramolecular Hbond substituents is 1. The summed E-state index contributed by atoms with van der Waals surface area (Å²) in [5.41, 5.74) is 7.51. The van der Waals surface area contributed by atoms with Gasteiger partial charge in [-0.25, -0.2) is 4.79 Å². The first-order valence-corrected chi connectivity index (χ1v) is 5.82. The second-order valence-electron chi connectivity index (χ2n) is 4.09. The van der Waals surface area contributed by atoms with E-state index >= 15 is 0 Å². The third-order valence-electron chi connectivity index (χ3n) is 2.54. The van der Waals surface area contributed by atoms with E-state index in [2.05, 4.69) is 10.6 Å². The fourth-order valence-corrected chi connectivity index (χ4v) is 1.72. The molecule has 0 fully saturated rings. The molecule has 2 rings (SSSR count). The second-order valence-corrected chi connectivity index (χ2v) is 4.09. The summed E-state index contributed by atoms with van der Waals surface area (Å²) in [5, 5.41) is 15.1. The van der Waals surface area contributed by atoms with Crippen molar-refractivity contribution in [3.8, 4) is 5.75 Å². The van der Waals surface area contributed by atoms with E-state index in [1.165, 1.54) is 0 Å². The number of rotatable bonds is 4. The molecule has 0 heterocycles. The molecule has 0 radical (unpaired) electrons. The van der Waals surface area contributed by atoms with Crippen LogP contribution in [0.25, 0.3) is 0 Å². The molecule has 2 amide bonds. The van der Waals surface area contributed by atoms with Crippen molar-refractivity contribution in [3.05, 3.63) is 54.1 Å². The smallest absolute Gasteiger partial charge is 0.316 e. The average Bonchev–Trinajstić information content (AvgIpc) is 2.36. The van der Waals surface area contributed by atoms with Crippen LogP contribution in [-0.2, 0) is 6.54 Å². The van der Waals surface area contributed by atoms with Crippen molar-refractivity contribution >= 4 is 17.4 Å². The van der Waals surface area contributed by atoms with E-state index in [1.54, 1.807) is 30.3 Å². The van der Waals surface area contributed by atoms with Crippen molar-refractivity contribution in [1.82, 2.24) is 0 Å². The third kappa shape index (κ3) is 3.92. The molecule has 0 spiro atoms. The number of carbonyl (C=O) groups is 1. The number of aromatic hydroxyl groups is 1. The third-order valence-corrected chi connectivity index (χ3v) is 2.54. The van der Waals surface area contributed by atoms with Gasteiger partial charge in [-0.3, -0.25) is 0 Å². The zero-order valence-electron chi connectivity index (χ0n) is 10.3. The summed E-state index contributed by atoms with van der Waals surface area (Å²) < 4.78 is 0. The molecule has 2 aromatic rings. The Balaban J connectivity index is 2.01. The lowest BCUT2D eigenvalue weighted by atomic mass is 10.2. The standard InChI is InChI=1S/C14H15N3O2/c15-14(19)17-12-5-2-4-11(8-12)16-9-10-3-1-6-13(18)7-10/h1-8,16,18H,9H2,(H3,15,17,19). The molecular weight excluding hydrogens is 242 g/mol. The van der Waals surface area contributed by atoms with Crippen LogP contribution >= 0.6 is 0 Å². The minimum Gasteiger partial charge on any atom is -0.508 e. The molecule has 2 aromatic carbocycles. The van der Waals surface area contributed by atoms with Gasteiger partial charge < -0.3 is 21.5 Å². The monoisotopic (exact) mass is 257 g/mol. The zero-order chi connectivity index (χ0) is 13.7. The van der Waals surface area contributed by atoms with E-state index in [0.29, 0.717) is 12.2 Å². The van der Waals surface area contributed by atoms with Crippen molar-refractivity contribution in [1.29, 1.82) is 0 Å². The Kier molecular flexibility index (Phi) is 3.87. The Bertz CT molecular complexity index is 584. The number of hydrogen-bond acceptors (Lipinski definition) is 3. The number of hydrogen-bond donors (Lipinski definition) is 4. The van der Waals surface area contributed by atoms with Crippen LogP contribution in [0.2, 0.25) is 0 Å². The minimum absolute atomic E-state index is 0.239. The van der Waals surface area contributed by atoms with Gasteiger partial charge in [-0.15, -0.1) is 0 Å². The highest BCUT2D eigenvalue weighted by molar-refractivity contribution is 5.88. The molecule has 5 heteroatoms. The van der Waals surface area contributed by atoms with Crippen LogP contribution in [0.1, 0.15) is 5.56 Å². The van der Waals surface area contributed by atoms with Gasteiger partial charge in [-0.2, -0.15) is 0 Å². The maximum absolute atomic E-state index is 10.8. The Hall–Kier alpha value is -2.69. The first-order chi connectivity index (χ1) is 9.13. The van der Waals surface area contributed by atoms with Gasteiger partial charge in [0.2, 0.25) is 0 Å². The number of carbonyl (C=O) groups excluding carboxylic acids is 1. The largest absolute Gasteiger partial charge is 0.508 e. The fraction of sp³-hybridized carbons (Fsp3) is 0.0714. The molecule has 19 heavy (non-hydrogen) atoms.